The SMILES string of the molecule is C=CCCOCCNc1ccc(C(=O)O)nn1. The van der Waals surface area contributed by atoms with Crippen LogP contribution < -0.4 is 5.32 Å². The summed E-state index contributed by atoms with van der Waals surface area (Å²) in [4.78, 5) is 10.5. The van der Waals surface area contributed by atoms with Gasteiger partial charge in [-0.05, 0) is 18.6 Å². The van der Waals surface area contributed by atoms with E-state index in [-0.39, 0.29) is 5.69 Å². The maximum absolute atomic E-state index is 10.5. The number of rotatable bonds is 8. The van der Waals surface area contributed by atoms with Gasteiger partial charge in [-0.25, -0.2) is 4.79 Å². The molecular formula is C11H15N3O3. The number of carboxylic acids is 1. The van der Waals surface area contributed by atoms with E-state index in [1.165, 1.54) is 6.07 Å². The Labute approximate surface area is 99.3 Å². The molecule has 0 saturated heterocycles. The van der Waals surface area contributed by atoms with Crippen molar-refractivity contribution in [2.75, 3.05) is 25.1 Å². The van der Waals surface area contributed by atoms with E-state index >= 15 is 0 Å². The minimum absolute atomic E-state index is 0.0715. The molecule has 1 aromatic rings. The Morgan fingerprint density at radius 3 is 2.88 bits per heavy atom. The summed E-state index contributed by atoms with van der Waals surface area (Å²) in [5.74, 6) is -0.556. The fourth-order valence-corrected chi connectivity index (χ4v) is 1.06. The molecule has 0 radical (unpaired) electrons. The maximum atomic E-state index is 10.5. The Morgan fingerprint density at radius 1 is 1.47 bits per heavy atom. The number of hydrogen-bond donors (Lipinski definition) is 2. The van der Waals surface area contributed by atoms with Gasteiger partial charge >= 0.3 is 5.97 Å². The van der Waals surface area contributed by atoms with Crippen molar-refractivity contribution in [3.05, 3.63) is 30.5 Å². The van der Waals surface area contributed by atoms with Crippen LogP contribution in [0.2, 0.25) is 0 Å². The molecule has 0 aliphatic carbocycles. The number of hydrogen-bond acceptors (Lipinski definition) is 5. The summed E-state index contributed by atoms with van der Waals surface area (Å²) < 4.78 is 5.28. The topological polar surface area (TPSA) is 84.3 Å². The molecule has 0 aromatic carbocycles. The highest BCUT2D eigenvalue weighted by atomic mass is 16.5. The fourth-order valence-electron chi connectivity index (χ4n) is 1.06. The van der Waals surface area contributed by atoms with Crippen LogP contribution in [-0.2, 0) is 4.74 Å². The number of carbonyl (C=O) groups is 1. The molecule has 1 rings (SSSR count). The summed E-state index contributed by atoms with van der Waals surface area (Å²) in [6, 6.07) is 2.97. The predicted octanol–water partition coefficient (Wildman–Crippen LogP) is 1.18. The van der Waals surface area contributed by atoms with E-state index in [0.29, 0.717) is 25.6 Å². The van der Waals surface area contributed by atoms with Crippen molar-refractivity contribution < 1.29 is 14.6 Å². The summed E-state index contributed by atoms with van der Waals surface area (Å²) in [6.07, 6.45) is 2.62. The number of aromatic carboxylic acids is 1. The van der Waals surface area contributed by atoms with Crippen molar-refractivity contribution in [1.82, 2.24) is 10.2 Å². The summed E-state index contributed by atoms with van der Waals surface area (Å²) in [5.41, 5.74) is -0.0715. The van der Waals surface area contributed by atoms with Gasteiger partial charge in [0.2, 0.25) is 0 Å². The first-order valence-corrected chi connectivity index (χ1v) is 5.23. The Bertz CT molecular complexity index is 365. The molecule has 0 aliphatic rings. The molecule has 0 saturated carbocycles. The number of ether oxygens (including phenoxy) is 1. The van der Waals surface area contributed by atoms with Gasteiger partial charge < -0.3 is 15.2 Å². The molecule has 0 fully saturated rings. The fraction of sp³-hybridized carbons (Fsp3) is 0.364. The molecule has 6 nitrogen and oxygen atoms in total. The van der Waals surface area contributed by atoms with Crippen LogP contribution in [0.3, 0.4) is 0 Å². The van der Waals surface area contributed by atoms with Crippen LogP contribution in [0, 0.1) is 0 Å². The summed E-state index contributed by atoms with van der Waals surface area (Å²) in [5, 5.41) is 18.9. The summed E-state index contributed by atoms with van der Waals surface area (Å²) in [7, 11) is 0. The summed E-state index contributed by atoms with van der Waals surface area (Å²) in [6.45, 7) is 5.38. The highest BCUT2D eigenvalue weighted by Crippen LogP contribution is 2.01. The Morgan fingerprint density at radius 2 is 2.29 bits per heavy atom. The van der Waals surface area contributed by atoms with E-state index in [2.05, 4.69) is 22.1 Å². The van der Waals surface area contributed by atoms with E-state index in [1.54, 1.807) is 12.1 Å². The zero-order valence-corrected chi connectivity index (χ0v) is 9.43. The number of anilines is 1. The van der Waals surface area contributed by atoms with Crippen molar-refractivity contribution in [2.24, 2.45) is 0 Å². The van der Waals surface area contributed by atoms with E-state index in [0.717, 1.165) is 6.42 Å². The average Bonchev–Trinajstić information content (AvgIpc) is 2.34. The van der Waals surface area contributed by atoms with Gasteiger partial charge in [0.05, 0.1) is 13.2 Å². The molecule has 0 spiro atoms. The van der Waals surface area contributed by atoms with Crippen molar-refractivity contribution in [1.29, 1.82) is 0 Å². The Hall–Kier alpha value is -1.95. The smallest absolute Gasteiger partial charge is 0.356 e. The van der Waals surface area contributed by atoms with Crippen LogP contribution in [0.25, 0.3) is 0 Å². The third kappa shape index (κ3) is 5.07. The molecule has 0 aliphatic heterocycles. The third-order valence-electron chi connectivity index (χ3n) is 1.90. The zero-order chi connectivity index (χ0) is 12.5. The lowest BCUT2D eigenvalue weighted by molar-refractivity contribution is 0.0689. The zero-order valence-electron chi connectivity index (χ0n) is 9.43. The number of nitrogens with one attached hydrogen (secondary N) is 1. The lowest BCUT2D eigenvalue weighted by Gasteiger charge is -2.05. The Balaban J connectivity index is 2.23. The van der Waals surface area contributed by atoms with E-state index in [9.17, 15) is 4.79 Å². The molecule has 92 valence electrons. The minimum Gasteiger partial charge on any atom is -0.476 e. The van der Waals surface area contributed by atoms with E-state index in [4.69, 9.17) is 9.84 Å². The first-order chi connectivity index (χ1) is 8.24. The lowest BCUT2D eigenvalue weighted by atomic mass is 10.4. The molecular weight excluding hydrogens is 222 g/mol. The van der Waals surface area contributed by atoms with Gasteiger partial charge in [-0.1, -0.05) is 6.08 Å². The van der Waals surface area contributed by atoms with Crippen LogP contribution in [0.1, 0.15) is 16.9 Å². The van der Waals surface area contributed by atoms with Gasteiger partial charge in [0.1, 0.15) is 5.82 Å². The van der Waals surface area contributed by atoms with E-state index < -0.39 is 5.97 Å². The first kappa shape index (κ1) is 13.1. The van der Waals surface area contributed by atoms with Gasteiger partial charge in [0.15, 0.2) is 5.69 Å². The van der Waals surface area contributed by atoms with E-state index in [1.807, 2.05) is 0 Å². The number of nitrogens with zero attached hydrogens (tertiary/aromatic N) is 2. The van der Waals surface area contributed by atoms with Crippen LogP contribution in [0.15, 0.2) is 24.8 Å². The van der Waals surface area contributed by atoms with Crippen molar-refractivity contribution in [2.45, 2.75) is 6.42 Å². The predicted molar refractivity (Wildman–Crippen MR) is 63.1 cm³/mol. The van der Waals surface area contributed by atoms with Crippen LogP contribution in [-0.4, -0.2) is 41.0 Å². The van der Waals surface area contributed by atoms with Crippen LogP contribution >= 0.6 is 0 Å². The molecule has 0 amide bonds. The highest BCUT2D eigenvalue weighted by Gasteiger charge is 2.04. The molecule has 1 aromatic heterocycles. The van der Waals surface area contributed by atoms with Crippen LogP contribution in [0.4, 0.5) is 5.82 Å². The summed E-state index contributed by atoms with van der Waals surface area (Å²) >= 11 is 0. The highest BCUT2D eigenvalue weighted by molar-refractivity contribution is 5.85. The Kier molecular flexibility index (Phi) is 5.67. The second kappa shape index (κ2) is 7.34. The number of aromatic nitrogens is 2. The molecule has 0 bridgehead atoms. The second-order valence-electron chi connectivity index (χ2n) is 3.23. The largest absolute Gasteiger partial charge is 0.476 e. The average molecular weight is 237 g/mol. The molecule has 6 heteroatoms. The minimum atomic E-state index is -1.09. The lowest BCUT2D eigenvalue weighted by Crippen LogP contribution is -2.12. The quantitative estimate of drug-likeness (QED) is 0.521. The van der Waals surface area contributed by atoms with Gasteiger partial charge in [0.25, 0.3) is 0 Å². The molecule has 2 N–H and O–H groups in total. The van der Waals surface area contributed by atoms with Crippen molar-refractivity contribution in [3.63, 3.8) is 0 Å². The van der Waals surface area contributed by atoms with Gasteiger partial charge in [-0.3, -0.25) is 0 Å². The van der Waals surface area contributed by atoms with Crippen LogP contribution in [0.5, 0.6) is 0 Å². The van der Waals surface area contributed by atoms with Gasteiger partial charge in [-0.2, -0.15) is 0 Å². The normalized spacial score (nSPS) is 9.88. The molecule has 17 heavy (non-hydrogen) atoms. The van der Waals surface area contributed by atoms with Crippen molar-refractivity contribution >= 4 is 11.8 Å². The number of carboxylic acid groups (broad SMARTS) is 1. The van der Waals surface area contributed by atoms with Crippen molar-refractivity contribution in [3.8, 4) is 0 Å². The molecule has 0 unspecified atom stereocenters. The maximum Gasteiger partial charge on any atom is 0.356 e. The monoisotopic (exact) mass is 237 g/mol. The second-order valence-corrected chi connectivity index (χ2v) is 3.23. The first-order valence-electron chi connectivity index (χ1n) is 5.23. The third-order valence-corrected chi connectivity index (χ3v) is 1.90. The molecule has 0 atom stereocenters. The molecule has 1 heterocycles. The van der Waals surface area contributed by atoms with Gasteiger partial charge in [0, 0.05) is 6.54 Å². The standard InChI is InChI=1S/C11H15N3O3/c1-2-3-7-17-8-6-12-10-5-4-9(11(15)16)13-14-10/h2,4-5H,1,3,6-8H2,(H,12,14)(H,15,16). The van der Waals surface area contributed by atoms with Gasteiger partial charge in [-0.15, -0.1) is 16.8 Å².